The van der Waals surface area contributed by atoms with Crippen LogP contribution >= 0.6 is 0 Å². The number of methoxy groups -OCH3 is 1. The van der Waals surface area contributed by atoms with Crippen LogP contribution < -0.4 is 10.6 Å². The number of ether oxygens (including phenoxy) is 1. The molecule has 2 aromatic heterocycles. The summed E-state index contributed by atoms with van der Waals surface area (Å²) < 4.78 is 15.7. The Kier molecular flexibility index (Phi) is 5.83. The maximum atomic E-state index is 12.2. The number of hydrogen-bond donors (Lipinski definition) is 2. The monoisotopic (exact) mass is 348 g/mol. The Morgan fingerprint density at radius 2 is 2.28 bits per heavy atom. The van der Waals surface area contributed by atoms with Gasteiger partial charge in [-0.1, -0.05) is 5.16 Å². The lowest BCUT2D eigenvalue weighted by atomic mass is 9.79. The van der Waals surface area contributed by atoms with Gasteiger partial charge >= 0.3 is 0 Å². The first kappa shape index (κ1) is 17.6. The Bertz CT molecular complexity index is 656. The van der Waals surface area contributed by atoms with Gasteiger partial charge in [0.05, 0.1) is 12.9 Å². The Labute approximate surface area is 146 Å². The molecule has 0 unspecified atom stereocenters. The zero-order valence-corrected chi connectivity index (χ0v) is 14.4. The van der Waals surface area contributed by atoms with Gasteiger partial charge < -0.3 is 24.3 Å². The molecule has 0 radical (unpaired) electrons. The van der Waals surface area contributed by atoms with E-state index in [4.69, 9.17) is 13.7 Å². The maximum absolute atomic E-state index is 12.2. The third-order valence-electron chi connectivity index (χ3n) is 4.55. The molecule has 0 saturated carbocycles. The lowest BCUT2D eigenvalue weighted by Crippen LogP contribution is -2.47. The summed E-state index contributed by atoms with van der Waals surface area (Å²) in [6.45, 7) is 3.20. The van der Waals surface area contributed by atoms with Gasteiger partial charge in [-0.15, -0.1) is 0 Å². The first-order chi connectivity index (χ1) is 12.2. The number of aromatic nitrogens is 2. The predicted molar refractivity (Wildman–Crippen MR) is 89.7 cm³/mol. The van der Waals surface area contributed by atoms with Crippen LogP contribution in [-0.2, 0) is 16.0 Å². The van der Waals surface area contributed by atoms with Crippen molar-refractivity contribution in [3.05, 3.63) is 24.3 Å². The van der Waals surface area contributed by atoms with E-state index in [1.165, 1.54) is 0 Å². The summed E-state index contributed by atoms with van der Waals surface area (Å²) in [6.07, 6.45) is 4.25. The minimum absolute atomic E-state index is 0.0204. The fourth-order valence-electron chi connectivity index (χ4n) is 3.09. The van der Waals surface area contributed by atoms with Gasteiger partial charge in [0.1, 0.15) is 0 Å². The fourth-order valence-corrected chi connectivity index (χ4v) is 3.09. The quantitative estimate of drug-likeness (QED) is 0.743. The largest absolute Gasteiger partial charge is 0.461 e. The summed E-state index contributed by atoms with van der Waals surface area (Å²) in [5.41, 5.74) is 0.0204. The highest BCUT2D eigenvalue weighted by Gasteiger charge is 2.32. The highest BCUT2D eigenvalue weighted by molar-refractivity contribution is 5.76. The van der Waals surface area contributed by atoms with Crippen molar-refractivity contribution in [1.29, 1.82) is 0 Å². The molecule has 1 aliphatic heterocycles. The van der Waals surface area contributed by atoms with E-state index in [1.807, 2.05) is 0 Å². The van der Waals surface area contributed by atoms with Gasteiger partial charge in [-0.05, 0) is 38.1 Å². The zero-order chi connectivity index (χ0) is 17.5. The molecular weight excluding hydrogens is 324 g/mol. The van der Waals surface area contributed by atoms with Gasteiger partial charge in [0, 0.05) is 31.9 Å². The summed E-state index contributed by atoms with van der Waals surface area (Å²) >= 11 is 0. The van der Waals surface area contributed by atoms with Crippen LogP contribution in [0.15, 0.2) is 27.3 Å². The van der Waals surface area contributed by atoms with Gasteiger partial charge in [-0.25, -0.2) is 0 Å². The predicted octanol–water partition coefficient (Wildman–Crippen LogP) is 1.39. The molecule has 136 valence electrons. The van der Waals surface area contributed by atoms with E-state index < -0.39 is 0 Å². The van der Waals surface area contributed by atoms with Crippen molar-refractivity contribution in [1.82, 2.24) is 20.8 Å². The Morgan fingerprint density at radius 3 is 3.00 bits per heavy atom. The van der Waals surface area contributed by atoms with Crippen molar-refractivity contribution in [3.63, 3.8) is 0 Å². The smallest absolute Gasteiger partial charge is 0.238 e. The molecule has 2 aromatic rings. The SMILES string of the molecule is COCC1(CNC(=O)CCc2nc(-c3ccco3)no2)CCNCC1. The highest BCUT2D eigenvalue weighted by Crippen LogP contribution is 2.28. The number of carbonyl (C=O) groups excluding carboxylic acids is 1. The van der Waals surface area contributed by atoms with Crippen LogP contribution in [0.1, 0.15) is 25.2 Å². The average molecular weight is 348 g/mol. The van der Waals surface area contributed by atoms with Crippen LogP contribution in [0.4, 0.5) is 0 Å². The molecule has 3 heterocycles. The van der Waals surface area contributed by atoms with E-state index in [-0.39, 0.29) is 11.3 Å². The molecule has 0 aliphatic carbocycles. The third-order valence-corrected chi connectivity index (χ3v) is 4.55. The maximum Gasteiger partial charge on any atom is 0.238 e. The minimum atomic E-state index is -0.0215. The van der Waals surface area contributed by atoms with E-state index in [9.17, 15) is 4.79 Å². The van der Waals surface area contributed by atoms with Gasteiger partial charge in [0.25, 0.3) is 0 Å². The normalized spacial score (nSPS) is 16.7. The molecule has 1 amide bonds. The molecule has 1 saturated heterocycles. The second-order valence-electron chi connectivity index (χ2n) is 6.45. The first-order valence-corrected chi connectivity index (χ1v) is 8.54. The standard InChI is InChI=1S/C17H24N4O4/c1-23-12-17(6-8-18-9-7-17)11-19-14(22)4-5-15-20-16(21-25-15)13-3-2-10-24-13/h2-3,10,18H,4-9,11-12H2,1H3,(H,19,22). The second-order valence-corrected chi connectivity index (χ2v) is 6.45. The van der Waals surface area contributed by atoms with E-state index in [1.54, 1.807) is 25.5 Å². The van der Waals surface area contributed by atoms with Crippen LogP contribution in [0.2, 0.25) is 0 Å². The molecule has 0 aromatic carbocycles. The number of hydrogen-bond acceptors (Lipinski definition) is 7. The van der Waals surface area contributed by atoms with Crippen molar-refractivity contribution in [2.45, 2.75) is 25.7 Å². The van der Waals surface area contributed by atoms with Crippen molar-refractivity contribution < 1.29 is 18.5 Å². The number of aryl methyl sites for hydroxylation is 1. The van der Waals surface area contributed by atoms with E-state index in [2.05, 4.69) is 20.8 Å². The minimum Gasteiger partial charge on any atom is -0.461 e. The average Bonchev–Trinajstić information content (AvgIpc) is 3.30. The molecule has 8 heteroatoms. The fraction of sp³-hybridized carbons (Fsp3) is 0.588. The van der Waals surface area contributed by atoms with Crippen LogP contribution in [0, 0.1) is 5.41 Å². The lowest BCUT2D eigenvalue weighted by molar-refractivity contribution is -0.122. The van der Waals surface area contributed by atoms with Crippen LogP contribution in [-0.4, -0.2) is 49.4 Å². The number of furan rings is 1. The van der Waals surface area contributed by atoms with E-state index in [0.29, 0.717) is 43.5 Å². The van der Waals surface area contributed by atoms with Crippen molar-refractivity contribution in [3.8, 4) is 11.6 Å². The van der Waals surface area contributed by atoms with Crippen LogP contribution in [0.3, 0.4) is 0 Å². The Hall–Kier alpha value is -2.19. The molecule has 25 heavy (non-hydrogen) atoms. The summed E-state index contributed by atoms with van der Waals surface area (Å²) in [5.74, 6) is 1.35. The van der Waals surface area contributed by atoms with Crippen molar-refractivity contribution >= 4 is 5.91 Å². The highest BCUT2D eigenvalue weighted by atomic mass is 16.5. The second kappa shape index (κ2) is 8.26. The van der Waals surface area contributed by atoms with Gasteiger partial charge in [0.2, 0.25) is 17.6 Å². The lowest BCUT2D eigenvalue weighted by Gasteiger charge is -2.37. The van der Waals surface area contributed by atoms with Gasteiger partial charge in [0.15, 0.2) is 5.76 Å². The van der Waals surface area contributed by atoms with Crippen LogP contribution in [0.5, 0.6) is 0 Å². The molecule has 3 rings (SSSR count). The number of piperidine rings is 1. The summed E-state index contributed by atoms with van der Waals surface area (Å²) in [4.78, 5) is 16.4. The Morgan fingerprint density at radius 1 is 1.44 bits per heavy atom. The summed E-state index contributed by atoms with van der Waals surface area (Å²) in [7, 11) is 1.71. The Balaban J connectivity index is 1.46. The van der Waals surface area contributed by atoms with Crippen LogP contribution in [0.25, 0.3) is 11.6 Å². The zero-order valence-electron chi connectivity index (χ0n) is 14.4. The number of carbonyl (C=O) groups is 1. The molecular formula is C17H24N4O4. The van der Waals surface area contributed by atoms with Crippen molar-refractivity contribution in [2.75, 3.05) is 33.4 Å². The molecule has 1 aliphatic rings. The van der Waals surface area contributed by atoms with E-state index in [0.717, 1.165) is 25.9 Å². The third kappa shape index (κ3) is 4.67. The molecule has 0 spiro atoms. The van der Waals surface area contributed by atoms with Gasteiger partial charge in [-0.2, -0.15) is 4.98 Å². The molecule has 8 nitrogen and oxygen atoms in total. The molecule has 1 fully saturated rings. The molecule has 0 atom stereocenters. The number of nitrogens with one attached hydrogen (secondary N) is 2. The van der Waals surface area contributed by atoms with Gasteiger partial charge in [-0.3, -0.25) is 4.79 Å². The number of rotatable bonds is 8. The first-order valence-electron chi connectivity index (χ1n) is 8.54. The van der Waals surface area contributed by atoms with E-state index >= 15 is 0 Å². The summed E-state index contributed by atoms with van der Waals surface area (Å²) in [5, 5.41) is 10.2. The van der Waals surface area contributed by atoms with Crippen molar-refractivity contribution in [2.24, 2.45) is 5.41 Å². The summed E-state index contributed by atoms with van der Waals surface area (Å²) in [6, 6.07) is 3.52. The number of nitrogens with zero attached hydrogens (tertiary/aromatic N) is 2. The molecule has 2 N–H and O–H groups in total. The number of amides is 1. The molecule has 0 bridgehead atoms. The topological polar surface area (TPSA) is 102 Å².